The predicted molar refractivity (Wildman–Crippen MR) is 97.0 cm³/mol. The molecule has 0 fully saturated rings. The first-order chi connectivity index (χ1) is 10.7. The van der Waals surface area contributed by atoms with Gasteiger partial charge in [0, 0.05) is 4.47 Å². The average Bonchev–Trinajstić information content (AvgIpc) is 2.90. The second-order valence-corrected chi connectivity index (χ2v) is 9.12. The quantitative estimate of drug-likeness (QED) is 0.804. The van der Waals surface area contributed by atoms with E-state index in [9.17, 15) is 4.21 Å². The Kier molecular flexibility index (Phi) is 5.70. The number of ether oxygens (including phenoxy) is 1. The Morgan fingerprint density at radius 2 is 1.96 bits per heavy atom. The van der Waals surface area contributed by atoms with Crippen LogP contribution in [-0.4, -0.2) is 16.1 Å². The minimum atomic E-state index is -1.24. The van der Waals surface area contributed by atoms with Gasteiger partial charge >= 0.3 is 0 Å². The number of benzene rings is 1. The van der Waals surface area contributed by atoms with Gasteiger partial charge in [-0.2, -0.15) is 0 Å². The summed E-state index contributed by atoms with van der Waals surface area (Å²) in [7, 11) is 0.390. The van der Waals surface area contributed by atoms with E-state index >= 15 is 0 Å². The fraction of sp³-hybridized carbons (Fsp3) is 0.412. The summed E-state index contributed by atoms with van der Waals surface area (Å²) in [4.78, 5) is 0. The summed E-state index contributed by atoms with van der Waals surface area (Å²) in [6, 6.07) is 9.21. The van der Waals surface area contributed by atoms with Crippen LogP contribution in [0.4, 0.5) is 0 Å². The van der Waals surface area contributed by atoms with Crippen LogP contribution in [0, 0.1) is 6.92 Å². The van der Waals surface area contributed by atoms with Gasteiger partial charge in [0.15, 0.2) is 0 Å². The van der Waals surface area contributed by atoms with Gasteiger partial charge in [-0.25, -0.2) is 8.93 Å². The molecule has 1 aromatic heterocycles. The van der Waals surface area contributed by atoms with Crippen LogP contribution in [0.15, 0.2) is 39.2 Å². The zero-order valence-electron chi connectivity index (χ0n) is 14.0. The summed E-state index contributed by atoms with van der Waals surface area (Å²) >= 11 is 3.57. The van der Waals surface area contributed by atoms with E-state index in [1.54, 1.807) is 7.11 Å². The Morgan fingerprint density at radius 3 is 2.43 bits per heavy atom. The van der Waals surface area contributed by atoms with Crippen molar-refractivity contribution >= 4 is 26.9 Å². The normalized spacial score (nSPS) is 14.5. The summed E-state index contributed by atoms with van der Waals surface area (Å²) in [5.41, 5.74) is 0.942. The van der Waals surface area contributed by atoms with Gasteiger partial charge in [-0.15, -0.1) is 0 Å². The van der Waals surface area contributed by atoms with Crippen molar-refractivity contribution in [1.29, 1.82) is 0 Å². The van der Waals surface area contributed by atoms with Crippen molar-refractivity contribution < 1.29 is 13.4 Å². The monoisotopic (exact) mass is 399 g/mol. The molecule has 23 heavy (non-hydrogen) atoms. The van der Waals surface area contributed by atoms with E-state index < -0.39 is 11.0 Å². The smallest absolute Gasteiger partial charge is 0.126 e. The molecular weight excluding hydrogens is 378 g/mol. The Hall–Kier alpha value is -1.11. The topological polar surface area (TPSA) is 51.5 Å². The summed E-state index contributed by atoms with van der Waals surface area (Å²) in [5, 5.41) is 0. The van der Waals surface area contributed by atoms with Gasteiger partial charge in [0.25, 0.3) is 0 Å². The maximum Gasteiger partial charge on any atom is 0.126 e. The lowest BCUT2D eigenvalue weighted by atomic mass is 10.1. The van der Waals surface area contributed by atoms with Crippen molar-refractivity contribution in [1.82, 2.24) is 4.72 Å². The zero-order chi connectivity index (χ0) is 17.2. The van der Waals surface area contributed by atoms with E-state index in [1.807, 2.05) is 58.0 Å². The van der Waals surface area contributed by atoms with Gasteiger partial charge in [0.05, 0.1) is 22.8 Å². The molecule has 0 radical (unpaired) electrons. The fourth-order valence-electron chi connectivity index (χ4n) is 2.04. The fourth-order valence-corrected chi connectivity index (χ4v) is 3.43. The van der Waals surface area contributed by atoms with Crippen LogP contribution >= 0.6 is 15.9 Å². The molecule has 2 aromatic rings. The van der Waals surface area contributed by atoms with Crippen molar-refractivity contribution in [2.24, 2.45) is 0 Å². The molecule has 2 unspecified atom stereocenters. The zero-order valence-corrected chi connectivity index (χ0v) is 16.4. The van der Waals surface area contributed by atoms with E-state index in [0.717, 1.165) is 27.3 Å². The summed E-state index contributed by atoms with van der Waals surface area (Å²) in [6.45, 7) is 7.70. The standard InChI is InChI=1S/C17H22BrNO3S/c1-11-6-9-15(22-11)16(19-23(20)17(2,3)4)13-8-7-12(21-5)10-14(13)18/h6-10,16,19H,1-5H3. The van der Waals surface area contributed by atoms with Crippen LogP contribution in [0.3, 0.4) is 0 Å². The van der Waals surface area contributed by atoms with Crippen molar-refractivity contribution in [2.75, 3.05) is 7.11 Å². The molecule has 2 rings (SSSR count). The summed E-state index contributed by atoms with van der Waals surface area (Å²) in [5.74, 6) is 2.30. The van der Waals surface area contributed by atoms with Gasteiger partial charge in [-0.05, 0) is 57.5 Å². The molecule has 0 aliphatic carbocycles. The molecule has 0 aliphatic heterocycles. The molecule has 0 amide bonds. The van der Waals surface area contributed by atoms with Crippen molar-refractivity contribution in [3.05, 3.63) is 51.9 Å². The highest BCUT2D eigenvalue weighted by molar-refractivity contribution is 9.10. The molecule has 126 valence electrons. The third-order valence-electron chi connectivity index (χ3n) is 3.35. The lowest BCUT2D eigenvalue weighted by Crippen LogP contribution is -2.36. The molecule has 4 nitrogen and oxygen atoms in total. The van der Waals surface area contributed by atoms with Gasteiger partial charge in [0.2, 0.25) is 0 Å². The first-order valence-corrected chi connectivity index (χ1v) is 9.24. The number of hydrogen-bond donors (Lipinski definition) is 1. The number of hydrogen-bond acceptors (Lipinski definition) is 3. The Balaban J connectivity index is 2.43. The molecule has 1 N–H and O–H groups in total. The minimum Gasteiger partial charge on any atom is -0.497 e. The maximum atomic E-state index is 12.6. The third-order valence-corrected chi connectivity index (χ3v) is 5.59. The van der Waals surface area contributed by atoms with E-state index in [0.29, 0.717) is 0 Å². The Bertz CT molecular complexity index is 706. The Labute approximate surface area is 148 Å². The molecule has 0 spiro atoms. The maximum absolute atomic E-state index is 12.6. The number of furan rings is 1. The number of halogens is 1. The van der Waals surface area contributed by atoms with Crippen LogP contribution in [0.2, 0.25) is 0 Å². The lowest BCUT2D eigenvalue weighted by molar-refractivity contribution is 0.413. The van der Waals surface area contributed by atoms with Crippen LogP contribution in [0.25, 0.3) is 0 Å². The number of aryl methyl sites for hydroxylation is 1. The second-order valence-electron chi connectivity index (χ2n) is 6.27. The number of methoxy groups -OCH3 is 1. The molecule has 2 atom stereocenters. The van der Waals surface area contributed by atoms with E-state index in [-0.39, 0.29) is 10.8 Å². The first kappa shape index (κ1) is 18.2. The van der Waals surface area contributed by atoms with Crippen molar-refractivity contribution in [2.45, 2.75) is 38.5 Å². The SMILES string of the molecule is COc1ccc(C(NS(=O)C(C)(C)C)c2ccc(C)o2)c(Br)c1. The highest BCUT2D eigenvalue weighted by atomic mass is 79.9. The number of rotatable bonds is 5. The summed E-state index contributed by atoms with van der Waals surface area (Å²) < 4.78 is 27.3. The third kappa shape index (κ3) is 4.46. The molecule has 0 aliphatic rings. The molecule has 0 saturated heterocycles. The van der Waals surface area contributed by atoms with Crippen LogP contribution in [-0.2, 0) is 11.0 Å². The molecule has 6 heteroatoms. The lowest BCUT2D eigenvalue weighted by Gasteiger charge is -2.24. The molecule has 1 heterocycles. The average molecular weight is 400 g/mol. The number of nitrogens with one attached hydrogen (secondary N) is 1. The summed E-state index contributed by atoms with van der Waals surface area (Å²) in [6.07, 6.45) is 0. The second kappa shape index (κ2) is 7.20. The molecule has 0 bridgehead atoms. The van der Waals surface area contributed by atoms with Gasteiger partial charge in [-0.3, -0.25) is 0 Å². The van der Waals surface area contributed by atoms with Gasteiger partial charge < -0.3 is 9.15 Å². The van der Waals surface area contributed by atoms with E-state index in [2.05, 4.69) is 20.7 Å². The Morgan fingerprint density at radius 1 is 1.26 bits per heavy atom. The van der Waals surface area contributed by atoms with Crippen LogP contribution < -0.4 is 9.46 Å². The van der Waals surface area contributed by atoms with Gasteiger partial charge in [0.1, 0.15) is 23.3 Å². The molecule has 0 saturated carbocycles. The highest BCUT2D eigenvalue weighted by Crippen LogP contribution is 2.33. The first-order valence-electron chi connectivity index (χ1n) is 7.30. The van der Waals surface area contributed by atoms with Gasteiger partial charge in [-0.1, -0.05) is 22.0 Å². The molecular formula is C17H22BrNO3S. The van der Waals surface area contributed by atoms with E-state index in [1.165, 1.54) is 0 Å². The largest absolute Gasteiger partial charge is 0.497 e. The predicted octanol–water partition coefficient (Wildman–Crippen LogP) is 4.50. The molecule has 1 aromatic carbocycles. The van der Waals surface area contributed by atoms with Crippen LogP contribution in [0.1, 0.15) is 43.9 Å². The van der Waals surface area contributed by atoms with Crippen molar-refractivity contribution in [3.8, 4) is 5.75 Å². The minimum absolute atomic E-state index is 0.316. The van der Waals surface area contributed by atoms with E-state index in [4.69, 9.17) is 9.15 Å². The van der Waals surface area contributed by atoms with Crippen molar-refractivity contribution in [3.63, 3.8) is 0 Å². The highest BCUT2D eigenvalue weighted by Gasteiger charge is 2.27. The van der Waals surface area contributed by atoms with Crippen LogP contribution in [0.5, 0.6) is 5.75 Å².